The summed E-state index contributed by atoms with van der Waals surface area (Å²) in [4.78, 5) is 0. The first-order valence-corrected chi connectivity index (χ1v) is 5.51. The van der Waals surface area contributed by atoms with Gasteiger partial charge in [-0.1, -0.05) is 67.3 Å². The van der Waals surface area contributed by atoms with Gasteiger partial charge in [0.25, 0.3) is 0 Å². The predicted molar refractivity (Wildman–Crippen MR) is 70.4 cm³/mol. The van der Waals surface area contributed by atoms with Crippen LogP contribution in [-0.4, -0.2) is 0 Å². The second kappa shape index (κ2) is 4.36. The first kappa shape index (κ1) is 10.7. The average Bonchev–Trinajstić information content (AvgIpc) is 2.34. The number of allylic oxidation sites excluding steroid dienone is 6. The largest absolute Gasteiger partial charge is 0.103 e. The minimum Gasteiger partial charge on any atom is -0.103 e. The molecular formula is C16H16. The van der Waals surface area contributed by atoms with Crippen molar-refractivity contribution in [2.75, 3.05) is 0 Å². The molecule has 0 heteroatoms. The average molecular weight is 208 g/mol. The van der Waals surface area contributed by atoms with Crippen molar-refractivity contribution < 1.29 is 0 Å². The summed E-state index contributed by atoms with van der Waals surface area (Å²) in [5.74, 6) is 0. The number of hydrogen-bond acceptors (Lipinski definition) is 0. The summed E-state index contributed by atoms with van der Waals surface area (Å²) < 4.78 is 0. The van der Waals surface area contributed by atoms with Crippen LogP contribution in [0.3, 0.4) is 0 Å². The summed E-state index contributed by atoms with van der Waals surface area (Å²) in [7, 11) is 0. The number of benzene rings is 1. The molecule has 0 radical (unpaired) electrons. The Bertz CT molecular complexity index is 430. The normalized spacial score (nSPS) is 17.4. The Hall–Kier alpha value is -1.82. The molecule has 0 spiro atoms. The highest BCUT2D eigenvalue weighted by Crippen LogP contribution is 2.34. The molecule has 1 aromatic rings. The van der Waals surface area contributed by atoms with Crippen LogP contribution in [0.1, 0.15) is 12.0 Å². The van der Waals surface area contributed by atoms with Crippen LogP contribution < -0.4 is 0 Å². The molecule has 0 unspecified atom stereocenters. The van der Waals surface area contributed by atoms with E-state index in [1.54, 1.807) is 0 Å². The van der Waals surface area contributed by atoms with Crippen LogP contribution in [0, 0.1) is 0 Å². The van der Waals surface area contributed by atoms with E-state index in [0.717, 1.165) is 12.0 Å². The van der Waals surface area contributed by atoms with Gasteiger partial charge in [0.05, 0.1) is 0 Å². The lowest BCUT2D eigenvalue weighted by Gasteiger charge is -2.29. The Morgan fingerprint density at radius 3 is 2.25 bits per heavy atom. The van der Waals surface area contributed by atoms with Crippen molar-refractivity contribution in [3.63, 3.8) is 0 Å². The van der Waals surface area contributed by atoms with Crippen LogP contribution in [0.4, 0.5) is 0 Å². The first-order valence-electron chi connectivity index (χ1n) is 5.51. The minimum atomic E-state index is -0.0375. The lowest BCUT2D eigenvalue weighted by molar-refractivity contribution is 0.677. The molecule has 1 aliphatic carbocycles. The number of rotatable bonds is 3. The van der Waals surface area contributed by atoms with Crippen molar-refractivity contribution in [3.05, 3.63) is 85.0 Å². The van der Waals surface area contributed by atoms with E-state index in [9.17, 15) is 0 Å². The van der Waals surface area contributed by atoms with Gasteiger partial charge in [0.1, 0.15) is 0 Å². The molecule has 0 amide bonds. The zero-order valence-electron chi connectivity index (χ0n) is 9.39. The highest BCUT2D eigenvalue weighted by Gasteiger charge is 2.26. The fraction of sp³-hybridized carbons (Fsp3) is 0.125. The summed E-state index contributed by atoms with van der Waals surface area (Å²) in [5.41, 5.74) is 2.31. The molecule has 0 aliphatic heterocycles. The molecule has 0 aromatic heterocycles. The topological polar surface area (TPSA) is 0 Å². The zero-order valence-corrected chi connectivity index (χ0v) is 9.39. The molecule has 0 atom stereocenters. The zero-order chi connectivity index (χ0) is 11.4. The van der Waals surface area contributed by atoms with Gasteiger partial charge in [-0.2, -0.15) is 0 Å². The van der Waals surface area contributed by atoms with Crippen molar-refractivity contribution >= 4 is 0 Å². The van der Waals surface area contributed by atoms with E-state index in [1.807, 2.05) is 12.1 Å². The summed E-state index contributed by atoms with van der Waals surface area (Å²) in [6.45, 7) is 7.79. The highest BCUT2D eigenvalue weighted by molar-refractivity contribution is 5.46. The van der Waals surface area contributed by atoms with Crippen LogP contribution in [0.15, 0.2) is 79.4 Å². The third-order valence-corrected chi connectivity index (χ3v) is 2.98. The Morgan fingerprint density at radius 1 is 1.06 bits per heavy atom. The molecule has 0 heterocycles. The predicted octanol–water partition coefficient (Wildman–Crippen LogP) is 4.18. The van der Waals surface area contributed by atoms with E-state index < -0.39 is 0 Å². The number of hydrogen-bond donors (Lipinski definition) is 0. The van der Waals surface area contributed by atoms with Crippen LogP contribution in [0.5, 0.6) is 0 Å². The Kier molecular flexibility index (Phi) is 2.91. The Morgan fingerprint density at radius 2 is 1.69 bits per heavy atom. The quantitative estimate of drug-likeness (QED) is 0.654. The van der Waals surface area contributed by atoms with Gasteiger partial charge >= 0.3 is 0 Å². The van der Waals surface area contributed by atoms with Gasteiger partial charge in [0.2, 0.25) is 0 Å². The van der Waals surface area contributed by atoms with E-state index in [1.165, 1.54) is 5.56 Å². The molecule has 2 rings (SSSR count). The summed E-state index contributed by atoms with van der Waals surface area (Å²) in [6, 6.07) is 10.5. The van der Waals surface area contributed by atoms with Crippen LogP contribution in [0.2, 0.25) is 0 Å². The second-order valence-electron chi connectivity index (χ2n) is 4.14. The van der Waals surface area contributed by atoms with Gasteiger partial charge in [-0.15, -0.1) is 6.58 Å². The fourth-order valence-electron chi connectivity index (χ4n) is 2.06. The maximum atomic E-state index is 3.93. The molecular weight excluding hydrogens is 192 g/mol. The van der Waals surface area contributed by atoms with Crippen molar-refractivity contribution in [1.82, 2.24) is 0 Å². The summed E-state index contributed by atoms with van der Waals surface area (Å²) >= 11 is 0. The fourth-order valence-corrected chi connectivity index (χ4v) is 2.06. The van der Waals surface area contributed by atoms with E-state index in [4.69, 9.17) is 0 Å². The molecule has 0 bridgehead atoms. The maximum absolute atomic E-state index is 3.93. The lowest BCUT2D eigenvalue weighted by atomic mass is 9.74. The SMILES string of the molecule is C=CCC1(c2ccccc2)C=CC(=C)C=C1. The van der Waals surface area contributed by atoms with Crippen LogP contribution >= 0.6 is 0 Å². The third-order valence-electron chi connectivity index (χ3n) is 2.98. The molecule has 0 nitrogen and oxygen atoms in total. The smallest absolute Gasteiger partial charge is 0.0352 e. The Labute approximate surface area is 97.3 Å². The van der Waals surface area contributed by atoms with E-state index in [2.05, 4.69) is 61.7 Å². The van der Waals surface area contributed by atoms with E-state index in [-0.39, 0.29) is 5.41 Å². The van der Waals surface area contributed by atoms with Crippen LogP contribution in [0.25, 0.3) is 0 Å². The van der Waals surface area contributed by atoms with Gasteiger partial charge < -0.3 is 0 Å². The molecule has 16 heavy (non-hydrogen) atoms. The van der Waals surface area contributed by atoms with E-state index in [0.29, 0.717) is 0 Å². The molecule has 80 valence electrons. The van der Waals surface area contributed by atoms with Crippen molar-refractivity contribution in [3.8, 4) is 0 Å². The molecule has 0 fully saturated rings. The molecule has 1 aromatic carbocycles. The van der Waals surface area contributed by atoms with Crippen molar-refractivity contribution in [2.45, 2.75) is 11.8 Å². The monoisotopic (exact) mass is 208 g/mol. The Balaban J connectivity index is 2.45. The third kappa shape index (κ3) is 1.92. The minimum absolute atomic E-state index is 0.0375. The van der Waals surface area contributed by atoms with Crippen LogP contribution in [-0.2, 0) is 5.41 Å². The first-order chi connectivity index (χ1) is 7.77. The second-order valence-corrected chi connectivity index (χ2v) is 4.14. The standard InChI is InChI=1S/C16H16/c1-3-11-16(12-9-14(2)10-13-16)15-7-5-4-6-8-15/h3-10,12-13H,1-2,11H2. The van der Waals surface area contributed by atoms with Gasteiger partial charge in [-0.25, -0.2) is 0 Å². The van der Waals surface area contributed by atoms with Gasteiger partial charge in [-0.05, 0) is 17.6 Å². The summed E-state index contributed by atoms with van der Waals surface area (Å²) in [6.07, 6.45) is 11.5. The molecule has 0 saturated carbocycles. The molecule has 0 N–H and O–H groups in total. The lowest BCUT2D eigenvalue weighted by Crippen LogP contribution is -2.21. The molecule has 0 saturated heterocycles. The highest BCUT2D eigenvalue weighted by atomic mass is 14.3. The van der Waals surface area contributed by atoms with Crippen molar-refractivity contribution in [2.24, 2.45) is 0 Å². The van der Waals surface area contributed by atoms with Gasteiger partial charge in [0, 0.05) is 5.41 Å². The van der Waals surface area contributed by atoms with Crippen molar-refractivity contribution in [1.29, 1.82) is 0 Å². The van der Waals surface area contributed by atoms with E-state index >= 15 is 0 Å². The maximum Gasteiger partial charge on any atom is 0.0352 e. The summed E-state index contributed by atoms with van der Waals surface area (Å²) in [5, 5.41) is 0. The molecule has 1 aliphatic rings. The van der Waals surface area contributed by atoms with Gasteiger partial charge in [-0.3, -0.25) is 0 Å². The van der Waals surface area contributed by atoms with Gasteiger partial charge in [0.15, 0.2) is 0 Å².